The Bertz CT molecular complexity index is 485. The normalized spacial score (nSPS) is 27.8. The first-order chi connectivity index (χ1) is 7.25. The molecule has 0 spiro atoms. The van der Waals surface area contributed by atoms with Crippen molar-refractivity contribution in [3.05, 3.63) is 17.8 Å². The fourth-order valence-corrected chi connectivity index (χ4v) is 1.86. The van der Waals surface area contributed by atoms with Crippen molar-refractivity contribution in [3.63, 3.8) is 0 Å². The van der Waals surface area contributed by atoms with Crippen LogP contribution >= 0.6 is 0 Å². The molecule has 1 amide bonds. The number of aromatic nitrogens is 1. The summed E-state index contributed by atoms with van der Waals surface area (Å²) in [6.45, 7) is 1.79. The first kappa shape index (κ1) is 8.40. The van der Waals surface area contributed by atoms with Gasteiger partial charge in [-0.1, -0.05) is 0 Å². The maximum absolute atomic E-state index is 11.4. The van der Waals surface area contributed by atoms with Gasteiger partial charge in [0.1, 0.15) is 17.9 Å². The highest BCUT2D eigenvalue weighted by atomic mass is 16.2. The Labute approximate surface area is 86.3 Å². The number of amides is 1. The number of carbonyl (C=O) groups excluding carboxylic acids is 1. The molecule has 5 nitrogen and oxygen atoms in total. The zero-order valence-corrected chi connectivity index (χ0v) is 8.19. The van der Waals surface area contributed by atoms with Crippen LogP contribution in [0.1, 0.15) is 12.5 Å². The van der Waals surface area contributed by atoms with Gasteiger partial charge in [0.25, 0.3) is 0 Å². The highest BCUT2D eigenvalue weighted by Gasteiger charge is 2.31. The third-order valence-corrected chi connectivity index (χ3v) is 2.66. The van der Waals surface area contributed by atoms with E-state index in [2.05, 4.69) is 20.3 Å². The zero-order chi connectivity index (χ0) is 10.4. The smallest absolute Gasteiger partial charge is 0.245 e. The minimum Gasteiger partial charge on any atom is -0.346 e. The Hall–Kier alpha value is -1.91. The molecular formula is C10H10N4O. The van der Waals surface area contributed by atoms with E-state index < -0.39 is 0 Å². The molecule has 76 valence electrons. The summed E-state index contributed by atoms with van der Waals surface area (Å²) < 4.78 is 0. The summed E-state index contributed by atoms with van der Waals surface area (Å²) in [6, 6.07) is 1.45. The van der Waals surface area contributed by atoms with Crippen LogP contribution in [0.4, 0.5) is 5.82 Å². The highest BCUT2D eigenvalue weighted by Crippen LogP contribution is 2.24. The molecule has 5 heteroatoms. The number of nitrogens with one attached hydrogen (secondary N) is 2. The molecule has 0 bridgehead atoms. The van der Waals surface area contributed by atoms with Gasteiger partial charge in [-0.15, -0.1) is 0 Å². The van der Waals surface area contributed by atoms with E-state index in [0.717, 1.165) is 17.1 Å². The van der Waals surface area contributed by atoms with Gasteiger partial charge in [-0.3, -0.25) is 9.79 Å². The summed E-state index contributed by atoms with van der Waals surface area (Å²) >= 11 is 0. The van der Waals surface area contributed by atoms with Gasteiger partial charge in [0, 0.05) is 18.0 Å². The summed E-state index contributed by atoms with van der Waals surface area (Å²) in [7, 11) is 0. The van der Waals surface area contributed by atoms with Crippen LogP contribution in [0.5, 0.6) is 0 Å². The molecule has 0 aromatic carbocycles. The quantitative estimate of drug-likeness (QED) is 0.628. The van der Waals surface area contributed by atoms with Crippen LogP contribution in [0.3, 0.4) is 0 Å². The second-order valence-corrected chi connectivity index (χ2v) is 3.69. The third-order valence-electron chi connectivity index (χ3n) is 2.66. The SMILES string of the molecule is CC1N=C2c3cc[nH]c3N=CC2NC1=O. The molecular weight excluding hydrogens is 192 g/mol. The number of hydrogen-bond acceptors (Lipinski definition) is 3. The van der Waals surface area contributed by atoms with Gasteiger partial charge >= 0.3 is 0 Å². The van der Waals surface area contributed by atoms with E-state index >= 15 is 0 Å². The number of H-pyrrole nitrogens is 1. The number of nitrogens with zero attached hydrogens (tertiary/aromatic N) is 2. The first-order valence-corrected chi connectivity index (χ1v) is 4.86. The van der Waals surface area contributed by atoms with Crippen molar-refractivity contribution in [1.29, 1.82) is 0 Å². The molecule has 2 aliphatic rings. The van der Waals surface area contributed by atoms with Crippen molar-refractivity contribution >= 4 is 23.7 Å². The van der Waals surface area contributed by atoms with Crippen LogP contribution < -0.4 is 5.32 Å². The largest absolute Gasteiger partial charge is 0.346 e. The van der Waals surface area contributed by atoms with Gasteiger partial charge in [0.15, 0.2) is 0 Å². The van der Waals surface area contributed by atoms with Crippen LogP contribution in [0, 0.1) is 0 Å². The fourth-order valence-electron chi connectivity index (χ4n) is 1.86. The molecule has 0 radical (unpaired) electrons. The summed E-state index contributed by atoms with van der Waals surface area (Å²) in [5.74, 6) is 0.766. The monoisotopic (exact) mass is 202 g/mol. The fraction of sp³-hybridized carbons (Fsp3) is 0.300. The van der Waals surface area contributed by atoms with Gasteiger partial charge in [-0.05, 0) is 13.0 Å². The van der Waals surface area contributed by atoms with Gasteiger partial charge in [-0.25, -0.2) is 4.99 Å². The van der Waals surface area contributed by atoms with Crippen molar-refractivity contribution in [2.45, 2.75) is 19.0 Å². The van der Waals surface area contributed by atoms with Crippen molar-refractivity contribution < 1.29 is 4.79 Å². The minimum atomic E-state index is -0.314. The maximum atomic E-state index is 11.4. The molecule has 1 aromatic rings. The molecule has 0 aliphatic carbocycles. The van der Waals surface area contributed by atoms with E-state index in [1.165, 1.54) is 0 Å². The van der Waals surface area contributed by atoms with Crippen LogP contribution in [-0.4, -0.2) is 34.9 Å². The van der Waals surface area contributed by atoms with E-state index in [9.17, 15) is 4.79 Å². The van der Waals surface area contributed by atoms with Gasteiger partial charge in [0.05, 0.1) is 5.71 Å². The summed E-state index contributed by atoms with van der Waals surface area (Å²) in [5.41, 5.74) is 1.88. The topological polar surface area (TPSA) is 69.6 Å². The molecule has 1 aromatic heterocycles. The molecule has 2 unspecified atom stereocenters. The number of fused-ring (bicyclic) bond motifs is 3. The van der Waals surface area contributed by atoms with Crippen LogP contribution in [0.2, 0.25) is 0 Å². The van der Waals surface area contributed by atoms with E-state index in [0.29, 0.717) is 0 Å². The molecule has 2 N–H and O–H groups in total. The van der Waals surface area contributed by atoms with E-state index in [1.54, 1.807) is 13.1 Å². The van der Waals surface area contributed by atoms with Crippen molar-refractivity contribution in [2.24, 2.45) is 9.98 Å². The second-order valence-electron chi connectivity index (χ2n) is 3.69. The standard InChI is InChI=1S/C10H10N4O/c1-5-10(15)14-7-4-12-9-6(2-3-11-9)8(7)13-5/h2-5,7,11H,1H3,(H,14,15). The zero-order valence-electron chi connectivity index (χ0n) is 8.19. The predicted octanol–water partition coefficient (Wildman–Crippen LogP) is 0.407. The third kappa shape index (κ3) is 1.12. The lowest BCUT2D eigenvalue weighted by atomic mass is 10.0. The van der Waals surface area contributed by atoms with Gasteiger partial charge < -0.3 is 10.3 Å². The average molecular weight is 202 g/mol. The second kappa shape index (κ2) is 2.79. The highest BCUT2D eigenvalue weighted by molar-refractivity contribution is 6.20. The maximum Gasteiger partial charge on any atom is 0.245 e. The Morgan fingerprint density at radius 2 is 2.33 bits per heavy atom. The van der Waals surface area contributed by atoms with Crippen LogP contribution in [-0.2, 0) is 4.79 Å². The molecule has 2 atom stereocenters. The predicted molar refractivity (Wildman–Crippen MR) is 56.9 cm³/mol. The molecule has 3 rings (SSSR count). The molecule has 0 fully saturated rings. The average Bonchev–Trinajstić information content (AvgIpc) is 2.68. The van der Waals surface area contributed by atoms with E-state index in [-0.39, 0.29) is 18.0 Å². The number of aromatic amines is 1. The van der Waals surface area contributed by atoms with Crippen molar-refractivity contribution in [1.82, 2.24) is 10.3 Å². The minimum absolute atomic E-state index is 0.0471. The first-order valence-electron chi connectivity index (χ1n) is 4.86. The Morgan fingerprint density at radius 1 is 1.47 bits per heavy atom. The van der Waals surface area contributed by atoms with Crippen molar-refractivity contribution in [2.75, 3.05) is 0 Å². The number of rotatable bonds is 0. The molecule has 2 aliphatic heterocycles. The van der Waals surface area contributed by atoms with E-state index in [4.69, 9.17) is 0 Å². The van der Waals surface area contributed by atoms with Crippen molar-refractivity contribution in [3.8, 4) is 0 Å². The molecule has 0 saturated heterocycles. The summed E-state index contributed by atoms with van der Waals surface area (Å²) in [4.78, 5) is 23.0. The van der Waals surface area contributed by atoms with Gasteiger partial charge in [0.2, 0.25) is 5.91 Å². The lowest BCUT2D eigenvalue weighted by molar-refractivity contribution is -0.122. The Balaban J connectivity index is 2.14. The number of carbonyl (C=O) groups is 1. The summed E-state index contributed by atoms with van der Waals surface area (Å²) in [6.07, 6.45) is 3.54. The lowest BCUT2D eigenvalue weighted by Crippen LogP contribution is -2.51. The molecule has 3 heterocycles. The Kier molecular flexibility index (Phi) is 1.56. The summed E-state index contributed by atoms with van der Waals surface area (Å²) in [5, 5.41) is 2.87. The van der Waals surface area contributed by atoms with Gasteiger partial charge in [-0.2, -0.15) is 0 Å². The van der Waals surface area contributed by atoms with Crippen LogP contribution in [0.15, 0.2) is 22.2 Å². The lowest BCUT2D eigenvalue weighted by Gasteiger charge is -2.26. The van der Waals surface area contributed by atoms with Crippen LogP contribution in [0.25, 0.3) is 0 Å². The molecule has 15 heavy (non-hydrogen) atoms. The van der Waals surface area contributed by atoms with E-state index in [1.807, 2.05) is 12.3 Å². The Morgan fingerprint density at radius 3 is 3.20 bits per heavy atom. The number of hydrogen-bond donors (Lipinski definition) is 2. The number of aliphatic imine (C=N–C) groups is 2. The molecule has 0 saturated carbocycles.